The quantitative estimate of drug-likeness (QED) is 0.279. The van der Waals surface area contributed by atoms with E-state index in [1.54, 1.807) is 6.92 Å². The Labute approximate surface area is 219 Å². The molecule has 0 bridgehead atoms. The molecule has 1 aliphatic rings. The zero-order valence-electron chi connectivity index (χ0n) is 21.1. The summed E-state index contributed by atoms with van der Waals surface area (Å²) in [4.78, 5) is 26.6. The van der Waals surface area contributed by atoms with Crippen LogP contribution in [-0.2, 0) is 35.8 Å². The molecule has 4 rings (SSSR count). The summed E-state index contributed by atoms with van der Waals surface area (Å²) in [7, 11) is 1.86. The second-order valence-corrected chi connectivity index (χ2v) is 10.7. The van der Waals surface area contributed by atoms with Crippen molar-refractivity contribution >= 4 is 40.0 Å². The average Bonchev–Trinajstić information content (AvgIpc) is 3.43. The highest BCUT2D eigenvalue weighted by atomic mass is 32.2. The Kier molecular flexibility index (Phi) is 8.68. The van der Waals surface area contributed by atoms with Crippen LogP contribution in [0.2, 0.25) is 0 Å². The Balaban J connectivity index is 1.39. The van der Waals surface area contributed by atoms with Crippen molar-refractivity contribution in [3.05, 3.63) is 51.7 Å². The maximum absolute atomic E-state index is 12.8. The van der Waals surface area contributed by atoms with Gasteiger partial charge in [0.25, 0.3) is 0 Å². The number of thiophene rings is 1. The molecule has 192 valence electrons. The third kappa shape index (κ3) is 5.92. The lowest BCUT2D eigenvalue weighted by molar-refractivity contribution is -0.113. The molecule has 1 aliphatic carbocycles. The van der Waals surface area contributed by atoms with E-state index in [9.17, 15) is 9.59 Å². The number of aromatic nitrogens is 3. The lowest BCUT2D eigenvalue weighted by atomic mass is 9.95. The molecule has 0 unspecified atom stereocenters. The number of thioether (sulfide) groups is 1. The lowest BCUT2D eigenvalue weighted by Gasteiger charge is -2.14. The second-order valence-electron chi connectivity index (χ2n) is 8.63. The number of hydrogen-bond donors (Lipinski definition) is 1. The van der Waals surface area contributed by atoms with Crippen molar-refractivity contribution in [2.24, 2.45) is 7.05 Å². The van der Waals surface area contributed by atoms with E-state index in [1.807, 2.05) is 30.7 Å². The van der Waals surface area contributed by atoms with Gasteiger partial charge in [0, 0.05) is 11.9 Å². The summed E-state index contributed by atoms with van der Waals surface area (Å²) in [6.45, 7) is 6.13. The standard InChI is InChI=1S/C26H32N4O4S2/c1-5-17-11-13-18(14-12-17)34-16(3)23-28-29-26(30(23)4)35-15-21(31)27-24-22(25(32)33-6-2)19-9-7-8-10-20(19)36-24/h11-14,16H,5-10,15H2,1-4H3,(H,27,31)/t16-/m1/s1. The summed E-state index contributed by atoms with van der Waals surface area (Å²) in [6, 6.07) is 8.02. The highest BCUT2D eigenvalue weighted by Crippen LogP contribution is 2.38. The van der Waals surface area contributed by atoms with E-state index in [-0.39, 0.29) is 23.7 Å². The average molecular weight is 529 g/mol. The number of carbonyl (C=O) groups excluding carboxylic acids is 2. The first-order valence-corrected chi connectivity index (χ1v) is 14.1. The molecule has 0 saturated carbocycles. The fourth-order valence-electron chi connectivity index (χ4n) is 4.23. The van der Waals surface area contributed by atoms with E-state index >= 15 is 0 Å². The number of anilines is 1. The van der Waals surface area contributed by atoms with Crippen molar-refractivity contribution in [2.75, 3.05) is 17.7 Å². The Morgan fingerprint density at radius 2 is 1.92 bits per heavy atom. The van der Waals surface area contributed by atoms with Crippen LogP contribution in [0.15, 0.2) is 29.4 Å². The molecule has 36 heavy (non-hydrogen) atoms. The van der Waals surface area contributed by atoms with E-state index in [1.165, 1.54) is 33.5 Å². The van der Waals surface area contributed by atoms with Crippen molar-refractivity contribution in [3.63, 3.8) is 0 Å². The normalized spacial score (nSPS) is 13.7. The van der Waals surface area contributed by atoms with Crippen molar-refractivity contribution < 1.29 is 19.1 Å². The second kappa shape index (κ2) is 11.9. The molecule has 3 aromatic rings. The number of ether oxygens (including phenoxy) is 2. The third-order valence-electron chi connectivity index (χ3n) is 6.11. The van der Waals surface area contributed by atoms with Gasteiger partial charge in [-0.15, -0.1) is 21.5 Å². The van der Waals surface area contributed by atoms with Crippen LogP contribution in [0.4, 0.5) is 5.00 Å². The molecule has 10 heteroatoms. The van der Waals surface area contributed by atoms with Crippen molar-refractivity contribution in [3.8, 4) is 5.75 Å². The van der Waals surface area contributed by atoms with E-state index in [4.69, 9.17) is 9.47 Å². The van der Waals surface area contributed by atoms with Crippen LogP contribution >= 0.6 is 23.1 Å². The summed E-state index contributed by atoms with van der Waals surface area (Å²) < 4.78 is 13.2. The van der Waals surface area contributed by atoms with E-state index < -0.39 is 0 Å². The molecule has 1 atom stereocenters. The van der Waals surface area contributed by atoms with E-state index in [2.05, 4.69) is 34.6 Å². The van der Waals surface area contributed by atoms with Crippen molar-refractivity contribution in [1.82, 2.24) is 14.8 Å². The Bertz CT molecular complexity index is 1220. The fourth-order valence-corrected chi connectivity index (χ4v) is 6.24. The van der Waals surface area contributed by atoms with Gasteiger partial charge in [0.2, 0.25) is 5.91 Å². The first kappa shape index (κ1) is 26.2. The van der Waals surface area contributed by atoms with Crippen LogP contribution in [-0.4, -0.2) is 39.0 Å². The van der Waals surface area contributed by atoms with Crippen LogP contribution in [0.1, 0.15) is 71.9 Å². The zero-order chi connectivity index (χ0) is 25.7. The van der Waals surface area contributed by atoms with Crippen LogP contribution in [0.25, 0.3) is 0 Å². The maximum atomic E-state index is 12.8. The summed E-state index contributed by atoms with van der Waals surface area (Å²) >= 11 is 2.78. The Hall–Kier alpha value is -2.85. The van der Waals surface area contributed by atoms with Crippen LogP contribution in [0.5, 0.6) is 5.75 Å². The van der Waals surface area contributed by atoms with Gasteiger partial charge in [0.15, 0.2) is 17.1 Å². The summed E-state index contributed by atoms with van der Waals surface area (Å²) in [6.07, 6.45) is 4.59. The van der Waals surface area contributed by atoms with Gasteiger partial charge in [0.1, 0.15) is 10.8 Å². The molecule has 0 saturated heterocycles. The van der Waals surface area contributed by atoms with Crippen molar-refractivity contribution in [1.29, 1.82) is 0 Å². The fraction of sp³-hybridized carbons (Fsp3) is 0.462. The summed E-state index contributed by atoms with van der Waals surface area (Å²) in [5.41, 5.74) is 2.81. The molecule has 0 radical (unpaired) electrons. The maximum Gasteiger partial charge on any atom is 0.341 e. The van der Waals surface area contributed by atoms with E-state index in [0.717, 1.165) is 43.4 Å². The molecule has 2 aromatic heterocycles. The topological polar surface area (TPSA) is 95.3 Å². The van der Waals surface area contributed by atoms with Gasteiger partial charge >= 0.3 is 5.97 Å². The molecule has 1 amide bonds. The van der Waals surface area contributed by atoms with Crippen LogP contribution in [0.3, 0.4) is 0 Å². The minimum absolute atomic E-state index is 0.143. The number of amides is 1. The van der Waals surface area contributed by atoms with Crippen LogP contribution < -0.4 is 10.1 Å². The number of nitrogens with one attached hydrogen (secondary N) is 1. The highest BCUT2D eigenvalue weighted by molar-refractivity contribution is 7.99. The van der Waals surface area contributed by atoms with Gasteiger partial charge in [-0.05, 0) is 69.2 Å². The van der Waals surface area contributed by atoms with Gasteiger partial charge in [-0.25, -0.2) is 4.79 Å². The predicted octanol–water partition coefficient (Wildman–Crippen LogP) is 5.37. The molecular weight excluding hydrogens is 496 g/mol. The SMILES string of the molecule is CCOC(=O)c1c(NC(=O)CSc2nnc([C@@H](C)Oc3ccc(CC)cc3)n2C)sc2c1CCCC2. The summed E-state index contributed by atoms with van der Waals surface area (Å²) in [5.74, 6) is 1.02. The number of nitrogens with zero attached hydrogens (tertiary/aromatic N) is 3. The van der Waals surface area contributed by atoms with E-state index in [0.29, 0.717) is 28.2 Å². The minimum atomic E-state index is -0.365. The molecule has 0 aliphatic heterocycles. The highest BCUT2D eigenvalue weighted by Gasteiger charge is 2.27. The third-order valence-corrected chi connectivity index (χ3v) is 8.34. The Morgan fingerprint density at radius 1 is 1.17 bits per heavy atom. The molecule has 0 fully saturated rings. The van der Waals surface area contributed by atoms with Crippen molar-refractivity contribution in [2.45, 2.75) is 64.1 Å². The Morgan fingerprint density at radius 3 is 2.64 bits per heavy atom. The molecular formula is C26H32N4O4S2. The predicted molar refractivity (Wildman–Crippen MR) is 142 cm³/mol. The summed E-state index contributed by atoms with van der Waals surface area (Å²) in [5, 5.41) is 12.7. The molecule has 1 N–H and O–H groups in total. The molecule has 8 nitrogen and oxygen atoms in total. The molecule has 0 spiro atoms. The molecule has 1 aromatic carbocycles. The largest absolute Gasteiger partial charge is 0.483 e. The lowest BCUT2D eigenvalue weighted by Crippen LogP contribution is -2.17. The molecule has 2 heterocycles. The monoisotopic (exact) mass is 528 g/mol. The minimum Gasteiger partial charge on any atom is -0.483 e. The number of carbonyl (C=O) groups is 2. The number of benzene rings is 1. The first-order chi connectivity index (χ1) is 17.4. The number of rotatable bonds is 10. The van der Waals surface area contributed by atoms with Crippen LogP contribution in [0, 0.1) is 0 Å². The number of fused-ring (bicyclic) bond motifs is 1. The zero-order valence-corrected chi connectivity index (χ0v) is 22.8. The number of hydrogen-bond acceptors (Lipinski definition) is 8. The first-order valence-electron chi connectivity index (χ1n) is 12.3. The van der Waals surface area contributed by atoms with Gasteiger partial charge in [-0.1, -0.05) is 30.8 Å². The number of esters is 1. The van der Waals surface area contributed by atoms with Gasteiger partial charge < -0.3 is 19.4 Å². The van der Waals surface area contributed by atoms with Gasteiger partial charge in [-0.3, -0.25) is 4.79 Å². The number of aryl methyl sites for hydroxylation is 2. The smallest absolute Gasteiger partial charge is 0.341 e. The van der Waals surface area contributed by atoms with Gasteiger partial charge in [0.05, 0.1) is 17.9 Å². The van der Waals surface area contributed by atoms with Gasteiger partial charge in [-0.2, -0.15) is 0 Å².